The van der Waals surface area contributed by atoms with Crippen LogP contribution in [-0.4, -0.2) is 85.5 Å². The monoisotopic (exact) mass is 309 g/mol. The third-order valence-electron chi connectivity index (χ3n) is 5.02. The first kappa shape index (κ1) is 15.7. The largest absolute Gasteiger partial charge is 0.379 e. The Morgan fingerprint density at radius 3 is 2.50 bits per heavy atom. The van der Waals surface area contributed by atoms with Crippen molar-refractivity contribution in [1.82, 2.24) is 14.7 Å². The molecule has 3 fully saturated rings. The molecule has 0 saturated carbocycles. The molecular weight excluding hydrogens is 282 g/mol. The first-order valence-corrected chi connectivity index (χ1v) is 8.61. The lowest BCUT2D eigenvalue weighted by atomic mass is 10.0. The summed E-state index contributed by atoms with van der Waals surface area (Å²) in [6.45, 7) is 7.43. The van der Waals surface area contributed by atoms with Gasteiger partial charge in [0.15, 0.2) is 0 Å². The van der Waals surface area contributed by atoms with Gasteiger partial charge < -0.3 is 14.5 Å². The second-order valence-corrected chi connectivity index (χ2v) is 6.58. The molecule has 2 amide bonds. The van der Waals surface area contributed by atoms with Crippen LogP contribution in [0.4, 0.5) is 0 Å². The molecule has 6 nitrogen and oxygen atoms in total. The summed E-state index contributed by atoms with van der Waals surface area (Å²) in [6, 6.07) is 0. The molecule has 0 bridgehead atoms. The van der Waals surface area contributed by atoms with Gasteiger partial charge in [0.25, 0.3) is 0 Å². The highest BCUT2D eigenvalue weighted by Gasteiger charge is 2.36. The van der Waals surface area contributed by atoms with E-state index in [1.165, 1.54) is 6.42 Å². The van der Waals surface area contributed by atoms with Crippen molar-refractivity contribution in [2.75, 3.05) is 59.0 Å². The van der Waals surface area contributed by atoms with Crippen LogP contribution < -0.4 is 0 Å². The third kappa shape index (κ3) is 3.79. The van der Waals surface area contributed by atoms with E-state index >= 15 is 0 Å². The molecule has 0 aliphatic carbocycles. The van der Waals surface area contributed by atoms with Gasteiger partial charge in [0.2, 0.25) is 11.8 Å². The standard InChI is InChI=1S/C16H27N3O3/c20-15-12-14(16(21)18-4-2-1-3-5-18)13-19(15)7-6-17-8-10-22-11-9-17/h14H,1-13H2. The fourth-order valence-corrected chi connectivity index (χ4v) is 3.61. The zero-order valence-corrected chi connectivity index (χ0v) is 13.3. The minimum absolute atomic E-state index is 0.115. The van der Waals surface area contributed by atoms with Gasteiger partial charge in [0, 0.05) is 52.2 Å². The van der Waals surface area contributed by atoms with Crippen LogP contribution >= 0.6 is 0 Å². The van der Waals surface area contributed by atoms with E-state index in [0.717, 1.165) is 65.3 Å². The van der Waals surface area contributed by atoms with Gasteiger partial charge in [0.1, 0.15) is 0 Å². The number of piperidine rings is 1. The SMILES string of the molecule is O=C1CC(C(=O)N2CCCCC2)CN1CCN1CCOCC1. The smallest absolute Gasteiger partial charge is 0.227 e. The number of ether oxygens (including phenoxy) is 1. The van der Waals surface area contributed by atoms with Crippen LogP contribution in [0, 0.1) is 5.92 Å². The van der Waals surface area contributed by atoms with Gasteiger partial charge in [-0.3, -0.25) is 14.5 Å². The highest BCUT2D eigenvalue weighted by Crippen LogP contribution is 2.22. The average Bonchev–Trinajstić information content (AvgIpc) is 2.95. The second kappa shape index (κ2) is 7.42. The van der Waals surface area contributed by atoms with Crippen LogP contribution in [0.5, 0.6) is 0 Å². The van der Waals surface area contributed by atoms with Crippen LogP contribution in [0.1, 0.15) is 25.7 Å². The molecule has 22 heavy (non-hydrogen) atoms. The molecule has 3 saturated heterocycles. The molecule has 0 radical (unpaired) electrons. The number of carbonyl (C=O) groups is 2. The minimum Gasteiger partial charge on any atom is -0.379 e. The van der Waals surface area contributed by atoms with Crippen LogP contribution in [0.2, 0.25) is 0 Å². The maximum atomic E-state index is 12.5. The Morgan fingerprint density at radius 2 is 1.77 bits per heavy atom. The van der Waals surface area contributed by atoms with Gasteiger partial charge in [-0.15, -0.1) is 0 Å². The lowest BCUT2D eigenvalue weighted by molar-refractivity contribution is -0.136. The zero-order valence-electron chi connectivity index (χ0n) is 13.3. The van der Waals surface area contributed by atoms with Crippen molar-refractivity contribution < 1.29 is 14.3 Å². The number of hydrogen-bond acceptors (Lipinski definition) is 4. The maximum Gasteiger partial charge on any atom is 0.227 e. The van der Waals surface area contributed by atoms with Gasteiger partial charge in [-0.2, -0.15) is 0 Å². The summed E-state index contributed by atoms with van der Waals surface area (Å²) in [5.74, 6) is 0.223. The molecule has 3 heterocycles. The number of rotatable bonds is 4. The van der Waals surface area contributed by atoms with Crippen molar-refractivity contribution in [2.45, 2.75) is 25.7 Å². The fourth-order valence-electron chi connectivity index (χ4n) is 3.61. The number of amides is 2. The summed E-state index contributed by atoms with van der Waals surface area (Å²) in [7, 11) is 0. The Morgan fingerprint density at radius 1 is 1.05 bits per heavy atom. The third-order valence-corrected chi connectivity index (χ3v) is 5.02. The first-order chi connectivity index (χ1) is 10.7. The highest BCUT2D eigenvalue weighted by atomic mass is 16.5. The molecule has 0 spiro atoms. The lowest BCUT2D eigenvalue weighted by Gasteiger charge is -2.30. The Kier molecular flexibility index (Phi) is 5.31. The van der Waals surface area contributed by atoms with Crippen LogP contribution in [0.3, 0.4) is 0 Å². The van der Waals surface area contributed by atoms with E-state index in [2.05, 4.69) is 4.90 Å². The van der Waals surface area contributed by atoms with E-state index < -0.39 is 0 Å². The summed E-state index contributed by atoms with van der Waals surface area (Å²) in [4.78, 5) is 30.8. The number of likely N-dealkylation sites (tertiary alicyclic amines) is 2. The van der Waals surface area contributed by atoms with E-state index in [1.54, 1.807) is 0 Å². The predicted molar refractivity (Wildman–Crippen MR) is 82.4 cm³/mol. The van der Waals surface area contributed by atoms with Crippen LogP contribution in [-0.2, 0) is 14.3 Å². The van der Waals surface area contributed by atoms with E-state index in [1.807, 2.05) is 9.80 Å². The number of hydrogen-bond donors (Lipinski definition) is 0. The van der Waals surface area contributed by atoms with E-state index in [4.69, 9.17) is 4.74 Å². The molecular formula is C16H27N3O3. The van der Waals surface area contributed by atoms with Crippen LogP contribution in [0.25, 0.3) is 0 Å². The van der Waals surface area contributed by atoms with Gasteiger partial charge in [0.05, 0.1) is 19.1 Å². The molecule has 3 aliphatic heterocycles. The lowest BCUT2D eigenvalue weighted by Crippen LogP contribution is -2.43. The van der Waals surface area contributed by atoms with Gasteiger partial charge >= 0.3 is 0 Å². The van der Waals surface area contributed by atoms with Gasteiger partial charge in [-0.05, 0) is 19.3 Å². The average molecular weight is 309 g/mol. The number of morpholine rings is 1. The minimum atomic E-state index is -0.115. The van der Waals surface area contributed by atoms with Crippen molar-refractivity contribution in [3.05, 3.63) is 0 Å². The topological polar surface area (TPSA) is 53.1 Å². The molecule has 3 aliphatic rings. The van der Waals surface area contributed by atoms with Crippen molar-refractivity contribution in [3.8, 4) is 0 Å². The Bertz CT molecular complexity index is 403. The summed E-state index contributed by atoms with van der Waals surface area (Å²) < 4.78 is 5.34. The number of nitrogens with zero attached hydrogens (tertiary/aromatic N) is 3. The zero-order chi connectivity index (χ0) is 15.4. The Labute approximate surface area is 132 Å². The first-order valence-electron chi connectivity index (χ1n) is 8.61. The maximum absolute atomic E-state index is 12.5. The van der Waals surface area contributed by atoms with E-state index in [9.17, 15) is 9.59 Å². The Balaban J connectivity index is 1.46. The molecule has 0 aromatic heterocycles. The number of carbonyl (C=O) groups excluding carboxylic acids is 2. The van der Waals surface area contributed by atoms with Gasteiger partial charge in [-0.25, -0.2) is 0 Å². The summed E-state index contributed by atoms with van der Waals surface area (Å²) in [5.41, 5.74) is 0. The molecule has 0 N–H and O–H groups in total. The summed E-state index contributed by atoms with van der Waals surface area (Å²) >= 11 is 0. The predicted octanol–water partition coefficient (Wildman–Crippen LogP) is 0.180. The van der Waals surface area contributed by atoms with Crippen molar-refractivity contribution in [3.63, 3.8) is 0 Å². The molecule has 0 aromatic rings. The molecule has 1 unspecified atom stereocenters. The van der Waals surface area contributed by atoms with Crippen molar-refractivity contribution >= 4 is 11.8 Å². The van der Waals surface area contributed by atoms with E-state index in [-0.39, 0.29) is 17.7 Å². The fraction of sp³-hybridized carbons (Fsp3) is 0.875. The molecule has 124 valence electrons. The van der Waals surface area contributed by atoms with Crippen molar-refractivity contribution in [2.24, 2.45) is 5.92 Å². The Hall–Kier alpha value is -1.14. The molecule has 3 rings (SSSR count). The molecule has 6 heteroatoms. The summed E-state index contributed by atoms with van der Waals surface area (Å²) in [6.07, 6.45) is 3.83. The van der Waals surface area contributed by atoms with Crippen LogP contribution in [0.15, 0.2) is 0 Å². The molecule has 0 aromatic carbocycles. The van der Waals surface area contributed by atoms with E-state index in [0.29, 0.717) is 13.0 Å². The normalized spacial score (nSPS) is 27.5. The van der Waals surface area contributed by atoms with Crippen molar-refractivity contribution in [1.29, 1.82) is 0 Å². The van der Waals surface area contributed by atoms with Gasteiger partial charge in [-0.1, -0.05) is 0 Å². The molecule has 1 atom stereocenters. The highest BCUT2D eigenvalue weighted by molar-refractivity contribution is 5.89. The second-order valence-electron chi connectivity index (χ2n) is 6.58. The summed E-state index contributed by atoms with van der Waals surface area (Å²) in [5, 5.41) is 0. The quantitative estimate of drug-likeness (QED) is 0.743.